The number of piperidine rings is 1. The molecule has 40 heavy (non-hydrogen) atoms. The van der Waals surface area contributed by atoms with E-state index in [1.807, 2.05) is 59.4 Å². The van der Waals surface area contributed by atoms with E-state index in [-0.39, 0.29) is 5.96 Å². The van der Waals surface area contributed by atoms with Crippen molar-refractivity contribution in [2.75, 3.05) is 38.7 Å². The third-order valence-corrected chi connectivity index (χ3v) is 6.48. The Kier molecular flexibility index (Phi) is 9.17. The molecule has 0 aliphatic carbocycles. The molecule has 0 saturated carbocycles. The van der Waals surface area contributed by atoms with E-state index >= 15 is 0 Å². The minimum atomic E-state index is 0.244. The Morgan fingerprint density at radius 2 is 1.90 bits per heavy atom. The molecule has 0 unspecified atom stereocenters. The second kappa shape index (κ2) is 13.5. The maximum atomic E-state index is 6.24. The summed E-state index contributed by atoms with van der Waals surface area (Å²) >= 11 is 0. The largest absolute Gasteiger partial charge is 0.489 e. The van der Waals surface area contributed by atoms with Crippen LogP contribution >= 0.6 is 0 Å². The fourth-order valence-electron chi connectivity index (χ4n) is 4.38. The molecule has 1 saturated heterocycles. The lowest BCUT2D eigenvalue weighted by atomic mass is 10.1. The van der Waals surface area contributed by atoms with E-state index in [0.29, 0.717) is 37.6 Å². The minimum Gasteiger partial charge on any atom is -0.489 e. The monoisotopic (exact) mass is 542 g/mol. The number of pyridine rings is 2. The fourth-order valence-corrected chi connectivity index (χ4v) is 4.38. The normalized spacial score (nSPS) is 14.2. The number of nitrogens with zero attached hydrogens (tertiary/aromatic N) is 5. The van der Waals surface area contributed by atoms with Crippen LogP contribution in [0.4, 0.5) is 11.5 Å². The quantitative estimate of drug-likeness (QED) is 0.146. The number of hydrogen-bond donors (Lipinski definition) is 3. The number of rotatable bonds is 11. The van der Waals surface area contributed by atoms with Gasteiger partial charge in [-0.25, -0.2) is 9.97 Å². The van der Waals surface area contributed by atoms with Gasteiger partial charge in [0, 0.05) is 42.9 Å². The van der Waals surface area contributed by atoms with E-state index in [1.165, 1.54) is 0 Å². The van der Waals surface area contributed by atoms with E-state index in [0.717, 1.165) is 54.1 Å². The first-order chi connectivity index (χ1) is 19.7. The van der Waals surface area contributed by atoms with Gasteiger partial charge in [0.15, 0.2) is 11.8 Å². The van der Waals surface area contributed by atoms with Crippen LogP contribution < -0.4 is 25.8 Å². The van der Waals surface area contributed by atoms with Crippen LogP contribution in [0.15, 0.2) is 78.3 Å². The van der Waals surface area contributed by atoms with Crippen molar-refractivity contribution < 1.29 is 14.2 Å². The molecular formula is C29H34N8O3. The molecular weight excluding hydrogens is 508 g/mol. The molecule has 0 bridgehead atoms. The third-order valence-electron chi connectivity index (χ3n) is 6.48. The molecule has 1 aliphatic rings. The van der Waals surface area contributed by atoms with Crippen LogP contribution in [-0.4, -0.2) is 59.1 Å². The first-order valence-corrected chi connectivity index (χ1v) is 13.3. The average Bonchev–Trinajstić information content (AvgIpc) is 3.46. The van der Waals surface area contributed by atoms with Crippen molar-refractivity contribution in [3.05, 3.63) is 78.9 Å². The van der Waals surface area contributed by atoms with Crippen molar-refractivity contribution in [3.8, 4) is 22.8 Å². The van der Waals surface area contributed by atoms with Crippen LogP contribution in [0.1, 0.15) is 24.4 Å². The number of aliphatic imine (C=N–C) groups is 1. The van der Waals surface area contributed by atoms with Crippen molar-refractivity contribution in [3.63, 3.8) is 0 Å². The highest BCUT2D eigenvalue weighted by atomic mass is 16.5. The van der Waals surface area contributed by atoms with Crippen molar-refractivity contribution in [2.45, 2.75) is 25.5 Å². The van der Waals surface area contributed by atoms with Crippen LogP contribution in [0.2, 0.25) is 0 Å². The molecule has 11 heteroatoms. The summed E-state index contributed by atoms with van der Waals surface area (Å²) in [5, 5.41) is 11.0. The van der Waals surface area contributed by atoms with Gasteiger partial charge in [0.05, 0.1) is 24.5 Å². The number of hydrogen-bond acceptors (Lipinski definition) is 8. The Morgan fingerprint density at radius 3 is 2.67 bits per heavy atom. The summed E-state index contributed by atoms with van der Waals surface area (Å²) in [5.74, 6) is 2.06. The standard InChI is InChI=1S/C29H34N8O3/c1-38-15-16-39-27-9-4-21(17-33-27)20-40-25-7-5-22(6-8-25)26-3-2-12-32-28(26)36-29(30)35-23-18-34-37(19-23)24-10-13-31-14-11-24/h2-9,12,17-19,24,31H,10-11,13-16,20H2,1H3,(H3,30,32,35,36). The number of guanidine groups is 1. The molecule has 0 radical (unpaired) electrons. The lowest BCUT2D eigenvalue weighted by molar-refractivity contribution is 0.143. The highest BCUT2D eigenvalue weighted by Gasteiger charge is 2.16. The van der Waals surface area contributed by atoms with Gasteiger partial charge in [0.2, 0.25) is 5.88 Å². The van der Waals surface area contributed by atoms with Crippen LogP contribution in [0.3, 0.4) is 0 Å². The van der Waals surface area contributed by atoms with E-state index in [2.05, 4.69) is 30.7 Å². The highest BCUT2D eigenvalue weighted by Crippen LogP contribution is 2.30. The molecule has 3 aromatic heterocycles. The van der Waals surface area contributed by atoms with Gasteiger partial charge in [0.25, 0.3) is 0 Å². The lowest BCUT2D eigenvalue weighted by Gasteiger charge is -2.22. The second-order valence-corrected chi connectivity index (χ2v) is 9.35. The number of aromatic nitrogens is 4. The highest BCUT2D eigenvalue weighted by molar-refractivity contribution is 5.94. The Bertz CT molecular complexity index is 1380. The molecule has 208 valence electrons. The zero-order valence-corrected chi connectivity index (χ0v) is 22.5. The van der Waals surface area contributed by atoms with Gasteiger partial charge < -0.3 is 30.6 Å². The maximum absolute atomic E-state index is 6.24. The molecule has 0 amide bonds. The lowest BCUT2D eigenvalue weighted by Crippen LogP contribution is -2.29. The van der Waals surface area contributed by atoms with Crippen LogP contribution in [0.25, 0.3) is 11.1 Å². The maximum Gasteiger partial charge on any atom is 0.213 e. The van der Waals surface area contributed by atoms with Gasteiger partial charge in [-0.2, -0.15) is 10.1 Å². The van der Waals surface area contributed by atoms with Crippen LogP contribution in [0, 0.1) is 0 Å². The van der Waals surface area contributed by atoms with E-state index in [1.54, 1.807) is 25.7 Å². The first kappa shape index (κ1) is 27.1. The van der Waals surface area contributed by atoms with Crippen molar-refractivity contribution in [2.24, 2.45) is 10.7 Å². The molecule has 11 nitrogen and oxygen atoms in total. The molecule has 1 fully saturated rings. The summed E-state index contributed by atoms with van der Waals surface area (Å²) in [6.45, 7) is 3.38. The zero-order valence-electron chi connectivity index (χ0n) is 22.5. The molecule has 5 rings (SSSR count). The van der Waals surface area contributed by atoms with Crippen molar-refractivity contribution in [1.82, 2.24) is 25.1 Å². The van der Waals surface area contributed by atoms with Crippen molar-refractivity contribution >= 4 is 17.5 Å². The summed E-state index contributed by atoms with van der Waals surface area (Å²) in [4.78, 5) is 13.3. The number of nitrogens with two attached hydrogens (primary N) is 1. The third kappa shape index (κ3) is 7.33. The fraction of sp³-hybridized carbons (Fsp3) is 0.310. The summed E-state index contributed by atoms with van der Waals surface area (Å²) in [7, 11) is 1.63. The molecule has 4 aromatic rings. The van der Waals surface area contributed by atoms with Gasteiger partial charge in [-0.05, 0) is 61.8 Å². The van der Waals surface area contributed by atoms with E-state index in [4.69, 9.17) is 19.9 Å². The Labute approximate surface area is 233 Å². The number of ether oxygens (including phenoxy) is 3. The average molecular weight is 543 g/mol. The minimum absolute atomic E-state index is 0.244. The van der Waals surface area contributed by atoms with Gasteiger partial charge in [-0.15, -0.1) is 0 Å². The van der Waals surface area contributed by atoms with Gasteiger partial charge in [-0.3, -0.25) is 4.68 Å². The molecule has 0 atom stereocenters. The second-order valence-electron chi connectivity index (χ2n) is 9.35. The molecule has 1 aliphatic heterocycles. The Hall–Kier alpha value is -4.48. The molecule has 4 N–H and O–H groups in total. The predicted molar refractivity (Wildman–Crippen MR) is 154 cm³/mol. The van der Waals surface area contributed by atoms with Gasteiger partial charge in [0.1, 0.15) is 19.0 Å². The predicted octanol–water partition coefficient (Wildman–Crippen LogP) is 3.93. The Balaban J connectivity index is 1.19. The van der Waals surface area contributed by atoms with Crippen molar-refractivity contribution in [1.29, 1.82) is 0 Å². The summed E-state index contributed by atoms with van der Waals surface area (Å²) in [6, 6.07) is 15.8. The number of methoxy groups -OCH3 is 1. The number of benzene rings is 1. The van der Waals surface area contributed by atoms with E-state index < -0.39 is 0 Å². The first-order valence-electron chi connectivity index (χ1n) is 13.3. The number of nitrogens with one attached hydrogen (secondary N) is 2. The SMILES string of the molecule is COCCOc1ccc(COc2ccc(-c3cccnc3N=C(N)Nc3cnn(C4CCNCC4)c3)cc2)cn1. The van der Waals surface area contributed by atoms with Crippen LogP contribution in [-0.2, 0) is 11.3 Å². The number of anilines is 1. The summed E-state index contributed by atoms with van der Waals surface area (Å²) in [6.07, 6.45) is 9.29. The van der Waals surface area contributed by atoms with E-state index in [9.17, 15) is 0 Å². The summed E-state index contributed by atoms with van der Waals surface area (Å²) < 4.78 is 18.4. The zero-order chi connectivity index (χ0) is 27.6. The smallest absolute Gasteiger partial charge is 0.213 e. The topological polar surface area (TPSA) is 134 Å². The van der Waals surface area contributed by atoms with Crippen LogP contribution in [0.5, 0.6) is 11.6 Å². The summed E-state index contributed by atoms with van der Waals surface area (Å²) in [5.41, 5.74) is 9.79. The van der Waals surface area contributed by atoms with Gasteiger partial charge >= 0.3 is 0 Å². The molecule has 4 heterocycles. The molecule has 1 aromatic carbocycles. The Morgan fingerprint density at radius 1 is 1.05 bits per heavy atom. The van der Waals surface area contributed by atoms with Gasteiger partial charge in [-0.1, -0.05) is 12.1 Å². The molecule has 0 spiro atoms.